The monoisotopic (exact) mass is 356 g/mol. The topological polar surface area (TPSA) is 99.5 Å². The number of aromatic carboxylic acids is 1. The second-order valence-corrected chi connectivity index (χ2v) is 5.63. The summed E-state index contributed by atoms with van der Waals surface area (Å²) in [6.07, 6.45) is 0. The Bertz CT molecular complexity index is 671. The highest BCUT2D eigenvalue weighted by molar-refractivity contribution is 9.10. The van der Waals surface area contributed by atoms with E-state index in [4.69, 9.17) is 5.11 Å². The van der Waals surface area contributed by atoms with Crippen LogP contribution in [0.25, 0.3) is 0 Å². The van der Waals surface area contributed by atoms with E-state index >= 15 is 0 Å². The number of amides is 1. The van der Waals surface area contributed by atoms with E-state index in [1.807, 2.05) is 0 Å². The first-order valence-electron chi connectivity index (χ1n) is 5.42. The highest BCUT2D eigenvalue weighted by atomic mass is 79.9. The van der Waals surface area contributed by atoms with Gasteiger partial charge in [0.05, 0.1) is 12.1 Å². The van der Waals surface area contributed by atoms with Crippen LogP contribution in [0, 0.1) is 0 Å². The van der Waals surface area contributed by atoms with Gasteiger partial charge in [-0.25, -0.2) is 9.78 Å². The highest BCUT2D eigenvalue weighted by Gasteiger charge is 2.13. The van der Waals surface area contributed by atoms with Crippen LogP contribution in [0.15, 0.2) is 28.1 Å². The van der Waals surface area contributed by atoms with Crippen LogP contribution in [-0.4, -0.2) is 27.1 Å². The normalized spacial score (nSPS) is 10.2. The number of phenols is 1. The lowest BCUT2D eigenvalue weighted by Gasteiger charge is -2.05. The summed E-state index contributed by atoms with van der Waals surface area (Å²) < 4.78 is 0.664. The molecule has 104 valence electrons. The number of phenolic OH excluding ortho intramolecular Hbond substituents is 1. The van der Waals surface area contributed by atoms with Crippen molar-refractivity contribution in [2.45, 2.75) is 6.54 Å². The number of benzene rings is 1. The zero-order valence-corrected chi connectivity index (χ0v) is 12.4. The van der Waals surface area contributed by atoms with Crippen molar-refractivity contribution in [3.05, 3.63) is 44.3 Å². The Kier molecular flexibility index (Phi) is 4.35. The maximum absolute atomic E-state index is 11.9. The minimum atomic E-state index is -1.11. The molecule has 0 aliphatic rings. The van der Waals surface area contributed by atoms with Crippen molar-refractivity contribution in [1.82, 2.24) is 10.3 Å². The summed E-state index contributed by atoms with van der Waals surface area (Å²) in [5.41, 5.74) is 0.0916. The van der Waals surface area contributed by atoms with Crippen molar-refractivity contribution in [1.29, 1.82) is 0 Å². The van der Waals surface area contributed by atoms with Gasteiger partial charge in [-0.15, -0.1) is 11.3 Å². The van der Waals surface area contributed by atoms with Gasteiger partial charge in [-0.3, -0.25) is 4.79 Å². The third-order valence-electron chi connectivity index (χ3n) is 2.38. The maximum Gasteiger partial charge on any atom is 0.355 e. The van der Waals surface area contributed by atoms with Crippen LogP contribution in [0.2, 0.25) is 0 Å². The molecule has 3 N–H and O–H groups in total. The van der Waals surface area contributed by atoms with Gasteiger partial charge in [0.1, 0.15) is 10.8 Å². The van der Waals surface area contributed by atoms with E-state index in [9.17, 15) is 14.7 Å². The molecule has 0 aliphatic carbocycles. The number of rotatable bonds is 4. The molecule has 2 aromatic rings. The van der Waals surface area contributed by atoms with Crippen molar-refractivity contribution in [3.8, 4) is 5.75 Å². The standard InChI is InChI=1S/C12H9BrN2O4S/c13-6-1-2-7(9(16)3-6)11(17)14-4-10-15-8(5-20-10)12(18)19/h1-3,5,16H,4H2,(H,14,17)(H,18,19). The van der Waals surface area contributed by atoms with E-state index in [1.165, 1.54) is 17.5 Å². The number of halogens is 1. The summed E-state index contributed by atoms with van der Waals surface area (Å²) in [5, 5.41) is 22.8. The van der Waals surface area contributed by atoms with E-state index < -0.39 is 11.9 Å². The minimum absolute atomic E-state index is 0.0502. The van der Waals surface area contributed by atoms with Crippen molar-refractivity contribution < 1.29 is 19.8 Å². The van der Waals surface area contributed by atoms with Gasteiger partial charge in [0.15, 0.2) is 5.69 Å². The van der Waals surface area contributed by atoms with Crippen LogP contribution in [0.5, 0.6) is 5.75 Å². The number of carboxylic acid groups (broad SMARTS) is 1. The average Bonchev–Trinajstić information content (AvgIpc) is 2.85. The number of carbonyl (C=O) groups excluding carboxylic acids is 1. The molecule has 0 bridgehead atoms. The van der Waals surface area contributed by atoms with Gasteiger partial charge >= 0.3 is 5.97 Å². The molecular formula is C12H9BrN2O4S. The molecule has 20 heavy (non-hydrogen) atoms. The van der Waals surface area contributed by atoms with E-state index in [0.717, 1.165) is 11.3 Å². The third-order valence-corrected chi connectivity index (χ3v) is 3.72. The van der Waals surface area contributed by atoms with Crippen molar-refractivity contribution in [3.63, 3.8) is 0 Å². The Labute approximate surface area is 126 Å². The number of thiazole rings is 1. The lowest BCUT2D eigenvalue weighted by Crippen LogP contribution is -2.22. The Morgan fingerprint density at radius 2 is 2.15 bits per heavy atom. The molecule has 1 amide bonds. The second kappa shape index (κ2) is 6.02. The van der Waals surface area contributed by atoms with Gasteiger partial charge in [0.25, 0.3) is 5.91 Å². The van der Waals surface area contributed by atoms with Crippen LogP contribution in [0.4, 0.5) is 0 Å². The Morgan fingerprint density at radius 1 is 1.40 bits per heavy atom. The molecule has 0 aliphatic heterocycles. The fourth-order valence-corrected chi connectivity index (χ4v) is 2.49. The van der Waals surface area contributed by atoms with Crippen LogP contribution in [0.1, 0.15) is 25.9 Å². The fraction of sp³-hybridized carbons (Fsp3) is 0.0833. The quantitative estimate of drug-likeness (QED) is 0.779. The molecule has 6 nitrogen and oxygen atoms in total. The molecule has 0 radical (unpaired) electrons. The smallest absolute Gasteiger partial charge is 0.355 e. The lowest BCUT2D eigenvalue weighted by molar-refractivity contribution is 0.0691. The van der Waals surface area contributed by atoms with Gasteiger partial charge in [-0.05, 0) is 18.2 Å². The van der Waals surface area contributed by atoms with Crippen LogP contribution < -0.4 is 5.32 Å². The highest BCUT2D eigenvalue weighted by Crippen LogP contribution is 2.22. The SMILES string of the molecule is O=C(O)c1csc(CNC(=O)c2ccc(Br)cc2O)n1. The molecule has 1 heterocycles. The predicted molar refractivity (Wildman–Crippen MR) is 76.1 cm³/mol. The third kappa shape index (κ3) is 3.34. The molecule has 0 atom stereocenters. The van der Waals surface area contributed by atoms with E-state index in [-0.39, 0.29) is 23.6 Å². The fourth-order valence-electron chi connectivity index (χ4n) is 1.44. The molecule has 0 saturated heterocycles. The van der Waals surface area contributed by atoms with Gasteiger partial charge < -0.3 is 15.5 Å². The van der Waals surface area contributed by atoms with Crippen LogP contribution >= 0.6 is 27.3 Å². The van der Waals surface area contributed by atoms with Crippen molar-refractivity contribution >= 4 is 39.1 Å². The molecule has 1 aromatic carbocycles. The van der Waals surface area contributed by atoms with E-state index in [0.29, 0.717) is 9.48 Å². The Balaban J connectivity index is 2.02. The van der Waals surface area contributed by atoms with E-state index in [2.05, 4.69) is 26.2 Å². The second-order valence-electron chi connectivity index (χ2n) is 3.78. The van der Waals surface area contributed by atoms with Gasteiger partial charge in [-0.2, -0.15) is 0 Å². The Morgan fingerprint density at radius 3 is 2.75 bits per heavy atom. The number of hydrogen-bond acceptors (Lipinski definition) is 5. The van der Waals surface area contributed by atoms with Gasteiger partial charge in [0.2, 0.25) is 0 Å². The summed E-state index contributed by atoms with van der Waals surface area (Å²) in [5.74, 6) is -1.70. The molecule has 2 rings (SSSR count). The average molecular weight is 357 g/mol. The maximum atomic E-state index is 11.9. The lowest BCUT2D eigenvalue weighted by atomic mass is 10.2. The first kappa shape index (κ1) is 14.5. The number of hydrogen-bond donors (Lipinski definition) is 3. The summed E-state index contributed by atoms with van der Waals surface area (Å²) in [6.45, 7) is 0.103. The zero-order chi connectivity index (χ0) is 14.7. The first-order valence-corrected chi connectivity index (χ1v) is 7.09. The molecule has 0 spiro atoms. The number of aromatic nitrogens is 1. The van der Waals surface area contributed by atoms with E-state index in [1.54, 1.807) is 6.07 Å². The van der Waals surface area contributed by atoms with Crippen LogP contribution in [0.3, 0.4) is 0 Å². The van der Waals surface area contributed by atoms with Crippen LogP contribution in [-0.2, 0) is 6.54 Å². The largest absolute Gasteiger partial charge is 0.507 e. The molecule has 0 unspecified atom stereocenters. The summed E-state index contributed by atoms with van der Waals surface area (Å²) in [6, 6.07) is 4.54. The molecule has 0 saturated carbocycles. The number of nitrogens with one attached hydrogen (secondary N) is 1. The van der Waals surface area contributed by atoms with Crippen molar-refractivity contribution in [2.75, 3.05) is 0 Å². The first-order chi connectivity index (χ1) is 9.47. The number of carboxylic acids is 1. The number of aromatic hydroxyl groups is 1. The molecule has 0 fully saturated rings. The molecule has 8 heteroatoms. The summed E-state index contributed by atoms with van der Waals surface area (Å²) in [7, 11) is 0. The predicted octanol–water partition coefficient (Wildman–Crippen LogP) is 2.24. The minimum Gasteiger partial charge on any atom is -0.507 e. The summed E-state index contributed by atoms with van der Waals surface area (Å²) >= 11 is 4.33. The number of carbonyl (C=O) groups is 2. The Hall–Kier alpha value is -1.93. The number of nitrogens with zero attached hydrogens (tertiary/aromatic N) is 1. The van der Waals surface area contributed by atoms with Gasteiger partial charge in [-0.1, -0.05) is 15.9 Å². The van der Waals surface area contributed by atoms with Gasteiger partial charge in [0, 0.05) is 9.85 Å². The molecule has 1 aromatic heterocycles. The summed E-state index contributed by atoms with van der Waals surface area (Å²) in [4.78, 5) is 26.4. The molecular weight excluding hydrogens is 348 g/mol. The van der Waals surface area contributed by atoms with Crippen molar-refractivity contribution in [2.24, 2.45) is 0 Å². The zero-order valence-electron chi connectivity index (χ0n) is 9.96.